The maximum atomic E-state index is 10.7. The Kier molecular flexibility index (Phi) is 1.72. The number of urea groups is 1. The molecule has 1 atom stereocenters. The van der Waals surface area contributed by atoms with Crippen LogP contribution in [0.25, 0.3) is 0 Å². The van der Waals surface area contributed by atoms with E-state index < -0.39 is 17.3 Å². The Morgan fingerprint density at radius 3 is 2.70 bits per heavy atom. The first kappa shape index (κ1) is 7.21. The third kappa shape index (κ3) is 1.16. The Balaban J connectivity index is 2.91. The Bertz CT molecular complexity index is 224. The van der Waals surface area contributed by atoms with Gasteiger partial charge in [0.2, 0.25) is 0 Å². The lowest BCUT2D eigenvalue weighted by Crippen LogP contribution is -2.42. The average molecular weight is 161 g/mol. The number of nitrogens with zero attached hydrogens (tertiary/aromatic N) is 1. The highest BCUT2D eigenvalue weighted by molar-refractivity contribution is 6.45. The Morgan fingerprint density at radius 2 is 2.20 bits per heavy atom. The van der Waals surface area contributed by atoms with Crippen molar-refractivity contribution in [2.75, 3.05) is 0 Å². The first-order valence-electron chi connectivity index (χ1n) is 2.65. The molecule has 54 valence electrons. The van der Waals surface area contributed by atoms with Crippen LogP contribution in [0.4, 0.5) is 4.79 Å². The van der Waals surface area contributed by atoms with Crippen LogP contribution in [0.3, 0.4) is 0 Å². The molecule has 1 unspecified atom stereocenters. The number of carbonyl (C=O) groups is 2. The van der Waals surface area contributed by atoms with Crippen molar-refractivity contribution < 1.29 is 9.59 Å². The standard InChI is InChI=1S/C5H5ClN2O2/c1-2-3(6)4(9)8-5(10)7-2/h3H,1H3,(H,8,9,10). The van der Waals surface area contributed by atoms with Gasteiger partial charge >= 0.3 is 6.03 Å². The molecular weight excluding hydrogens is 156 g/mol. The van der Waals surface area contributed by atoms with E-state index in [1.165, 1.54) is 6.92 Å². The van der Waals surface area contributed by atoms with Gasteiger partial charge in [0.1, 0.15) is 0 Å². The van der Waals surface area contributed by atoms with Crippen molar-refractivity contribution in [3.05, 3.63) is 0 Å². The molecule has 0 aromatic carbocycles. The van der Waals surface area contributed by atoms with Gasteiger partial charge in [0.05, 0.1) is 0 Å². The van der Waals surface area contributed by atoms with E-state index in [4.69, 9.17) is 11.6 Å². The molecule has 0 spiro atoms. The molecule has 0 radical (unpaired) electrons. The van der Waals surface area contributed by atoms with Gasteiger partial charge in [-0.3, -0.25) is 10.1 Å². The molecule has 5 heteroatoms. The van der Waals surface area contributed by atoms with E-state index in [0.717, 1.165) is 0 Å². The van der Waals surface area contributed by atoms with Crippen LogP contribution in [-0.2, 0) is 4.79 Å². The minimum atomic E-state index is -0.794. The van der Waals surface area contributed by atoms with Crippen molar-refractivity contribution in [2.45, 2.75) is 12.3 Å². The summed E-state index contributed by atoms with van der Waals surface area (Å²) in [6, 6.07) is -0.639. The number of alkyl halides is 1. The van der Waals surface area contributed by atoms with Crippen LogP contribution in [0.1, 0.15) is 6.92 Å². The van der Waals surface area contributed by atoms with E-state index in [0.29, 0.717) is 5.71 Å². The van der Waals surface area contributed by atoms with Gasteiger partial charge in [-0.2, -0.15) is 0 Å². The quantitative estimate of drug-likeness (QED) is 0.519. The van der Waals surface area contributed by atoms with Crippen molar-refractivity contribution in [2.24, 2.45) is 4.99 Å². The highest BCUT2D eigenvalue weighted by Gasteiger charge is 2.25. The molecule has 0 aromatic heterocycles. The summed E-state index contributed by atoms with van der Waals surface area (Å²) in [7, 11) is 0. The van der Waals surface area contributed by atoms with Gasteiger partial charge in [0.25, 0.3) is 5.91 Å². The molecule has 0 saturated carbocycles. The Morgan fingerprint density at radius 1 is 1.60 bits per heavy atom. The number of hydrogen-bond acceptors (Lipinski definition) is 2. The number of nitrogens with one attached hydrogen (secondary N) is 1. The molecule has 1 rings (SSSR count). The van der Waals surface area contributed by atoms with Crippen molar-refractivity contribution >= 4 is 29.3 Å². The largest absolute Gasteiger partial charge is 0.347 e. The zero-order valence-corrected chi connectivity index (χ0v) is 5.97. The average Bonchev–Trinajstić information content (AvgIpc) is 1.82. The summed E-state index contributed by atoms with van der Waals surface area (Å²) in [5, 5.41) is 1.17. The van der Waals surface area contributed by atoms with Crippen LogP contribution in [0.5, 0.6) is 0 Å². The summed E-state index contributed by atoms with van der Waals surface area (Å²) in [5.41, 5.74) is 0.343. The number of aliphatic imine (C=N–C) groups is 1. The summed E-state index contributed by atoms with van der Waals surface area (Å²) < 4.78 is 0. The smallest absolute Gasteiger partial charge is 0.275 e. The second-order valence-corrected chi connectivity index (χ2v) is 2.35. The fourth-order valence-corrected chi connectivity index (χ4v) is 0.707. The van der Waals surface area contributed by atoms with Gasteiger partial charge in [-0.25, -0.2) is 9.79 Å². The molecule has 0 aromatic rings. The summed E-state index contributed by atoms with van der Waals surface area (Å²) in [4.78, 5) is 24.5. The van der Waals surface area contributed by atoms with Gasteiger partial charge in [0.15, 0.2) is 5.38 Å². The highest BCUT2D eigenvalue weighted by Crippen LogP contribution is 2.04. The Hall–Kier alpha value is -0.900. The maximum Gasteiger partial charge on any atom is 0.347 e. The fourth-order valence-electron chi connectivity index (χ4n) is 0.603. The van der Waals surface area contributed by atoms with E-state index in [2.05, 4.69) is 4.99 Å². The van der Waals surface area contributed by atoms with Gasteiger partial charge < -0.3 is 0 Å². The van der Waals surface area contributed by atoms with Crippen molar-refractivity contribution in [3.63, 3.8) is 0 Å². The third-order valence-corrected chi connectivity index (χ3v) is 1.62. The maximum absolute atomic E-state index is 10.7. The van der Waals surface area contributed by atoms with Gasteiger partial charge in [0, 0.05) is 5.71 Å². The number of rotatable bonds is 0. The number of hydrogen-bond donors (Lipinski definition) is 1. The first-order chi connectivity index (χ1) is 4.61. The molecule has 1 heterocycles. The molecule has 0 bridgehead atoms. The van der Waals surface area contributed by atoms with Crippen LogP contribution in [0.15, 0.2) is 4.99 Å². The molecule has 1 N–H and O–H groups in total. The van der Waals surface area contributed by atoms with E-state index >= 15 is 0 Å². The minimum Gasteiger partial charge on any atom is -0.275 e. The monoisotopic (exact) mass is 160 g/mol. The van der Waals surface area contributed by atoms with Crippen molar-refractivity contribution in [1.82, 2.24) is 5.32 Å². The number of halogens is 1. The molecule has 0 aliphatic carbocycles. The summed E-state index contributed by atoms with van der Waals surface area (Å²) >= 11 is 5.49. The topological polar surface area (TPSA) is 58.5 Å². The Labute approximate surface area is 62.3 Å². The van der Waals surface area contributed by atoms with Crippen LogP contribution < -0.4 is 5.32 Å². The van der Waals surface area contributed by atoms with Crippen LogP contribution >= 0.6 is 11.6 Å². The lowest BCUT2D eigenvalue weighted by atomic mass is 10.2. The van der Waals surface area contributed by atoms with E-state index in [1.807, 2.05) is 5.32 Å². The van der Waals surface area contributed by atoms with Gasteiger partial charge in [-0.05, 0) is 6.92 Å². The second kappa shape index (κ2) is 2.38. The second-order valence-electron chi connectivity index (χ2n) is 1.91. The SMILES string of the molecule is CC1=NC(=O)NC(=O)C1Cl. The zero-order chi connectivity index (χ0) is 7.72. The number of carbonyl (C=O) groups excluding carboxylic acids is 2. The van der Waals surface area contributed by atoms with Crippen molar-refractivity contribution in [1.29, 1.82) is 0 Å². The lowest BCUT2D eigenvalue weighted by molar-refractivity contribution is -0.118. The molecule has 4 nitrogen and oxygen atoms in total. The molecular formula is C5H5ClN2O2. The third-order valence-electron chi connectivity index (χ3n) is 1.11. The van der Waals surface area contributed by atoms with E-state index in [-0.39, 0.29) is 0 Å². The predicted octanol–water partition coefficient (Wildman–Crippen LogP) is 0.305. The van der Waals surface area contributed by atoms with E-state index in [9.17, 15) is 9.59 Å². The van der Waals surface area contributed by atoms with Crippen molar-refractivity contribution in [3.8, 4) is 0 Å². The fraction of sp³-hybridized carbons (Fsp3) is 0.400. The molecule has 1 aliphatic rings. The number of amides is 3. The highest BCUT2D eigenvalue weighted by atomic mass is 35.5. The molecule has 3 amide bonds. The van der Waals surface area contributed by atoms with Gasteiger partial charge in [-0.1, -0.05) is 0 Å². The zero-order valence-electron chi connectivity index (χ0n) is 5.22. The lowest BCUT2D eigenvalue weighted by Gasteiger charge is -2.12. The molecule has 0 saturated heterocycles. The minimum absolute atomic E-state index is 0.343. The number of imide groups is 1. The molecule has 0 fully saturated rings. The summed E-state index contributed by atoms with van der Waals surface area (Å²) in [6.45, 7) is 1.54. The molecule has 10 heavy (non-hydrogen) atoms. The predicted molar refractivity (Wildman–Crippen MR) is 36.3 cm³/mol. The molecule has 1 aliphatic heterocycles. The first-order valence-corrected chi connectivity index (χ1v) is 3.09. The van der Waals surface area contributed by atoms with Crippen LogP contribution in [0, 0.1) is 0 Å². The summed E-state index contributed by atoms with van der Waals surface area (Å²) in [5.74, 6) is -0.501. The van der Waals surface area contributed by atoms with Crippen LogP contribution in [0.2, 0.25) is 0 Å². The van der Waals surface area contributed by atoms with Crippen LogP contribution in [-0.4, -0.2) is 23.0 Å². The van der Waals surface area contributed by atoms with Gasteiger partial charge in [-0.15, -0.1) is 11.6 Å². The summed E-state index contributed by atoms with van der Waals surface area (Å²) in [6.07, 6.45) is 0. The van der Waals surface area contributed by atoms with E-state index in [1.54, 1.807) is 0 Å². The normalized spacial score (nSPS) is 25.8.